The Balaban J connectivity index is 1.76. The standard InChI is InChI=1S/C15H14N2O5/c1-21-13-6-9(4-5-10(13)15(19)20)16-14(18)11-7-12(22-17-11)8-2-3-8/h4-8H,2-3H2,1H3,(H,16,18)(H,19,20). The molecule has 1 aromatic heterocycles. The van der Waals surface area contributed by atoms with E-state index in [1.165, 1.54) is 25.3 Å². The Bertz CT molecular complexity index is 733. The summed E-state index contributed by atoms with van der Waals surface area (Å²) < 4.78 is 10.1. The fourth-order valence-corrected chi connectivity index (χ4v) is 2.10. The number of carboxylic acid groups (broad SMARTS) is 1. The van der Waals surface area contributed by atoms with E-state index < -0.39 is 11.9 Å². The van der Waals surface area contributed by atoms with E-state index in [2.05, 4.69) is 10.5 Å². The van der Waals surface area contributed by atoms with Crippen LogP contribution in [-0.4, -0.2) is 29.2 Å². The number of aromatic carboxylic acids is 1. The molecule has 0 spiro atoms. The lowest BCUT2D eigenvalue weighted by Crippen LogP contribution is -2.12. The first-order valence-electron chi connectivity index (χ1n) is 6.78. The Hall–Kier alpha value is -2.83. The smallest absolute Gasteiger partial charge is 0.339 e. The van der Waals surface area contributed by atoms with Crippen LogP contribution in [0, 0.1) is 0 Å². The van der Waals surface area contributed by atoms with Gasteiger partial charge in [-0.05, 0) is 25.0 Å². The first-order valence-corrected chi connectivity index (χ1v) is 6.78. The molecule has 1 fully saturated rings. The molecule has 3 rings (SSSR count). The molecule has 7 nitrogen and oxygen atoms in total. The van der Waals surface area contributed by atoms with Crippen molar-refractivity contribution in [1.29, 1.82) is 0 Å². The second-order valence-electron chi connectivity index (χ2n) is 5.06. The van der Waals surface area contributed by atoms with Crippen molar-refractivity contribution < 1.29 is 24.0 Å². The van der Waals surface area contributed by atoms with Crippen LogP contribution in [0.5, 0.6) is 5.75 Å². The van der Waals surface area contributed by atoms with E-state index >= 15 is 0 Å². The zero-order chi connectivity index (χ0) is 15.7. The molecule has 22 heavy (non-hydrogen) atoms. The number of carbonyl (C=O) groups is 2. The van der Waals surface area contributed by atoms with Crippen molar-refractivity contribution in [2.45, 2.75) is 18.8 Å². The average molecular weight is 302 g/mol. The van der Waals surface area contributed by atoms with E-state index in [1.54, 1.807) is 6.07 Å². The van der Waals surface area contributed by atoms with E-state index in [1.807, 2.05) is 0 Å². The topological polar surface area (TPSA) is 102 Å². The normalized spacial score (nSPS) is 13.7. The summed E-state index contributed by atoms with van der Waals surface area (Å²) in [4.78, 5) is 23.1. The van der Waals surface area contributed by atoms with E-state index in [-0.39, 0.29) is 17.0 Å². The number of benzene rings is 1. The fourth-order valence-electron chi connectivity index (χ4n) is 2.10. The molecule has 7 heteroatoms. The number of aromatic nitrogens is 1. The molecule has 0 atom stereocenters. The molecule has 1 heterocycles. The Morgan fingerprint density at radius 3 is 2.77 bits per heavy atom. The highest BCUT2D eigenvalue weighted by atomic mass is 16.5. The minimum Gasteiger partial charge on any atom is -0.496 e. The number of amides is 1. The lowest BCUT2D eigenvalue weighted by atomic mass is 10.1. The molecule has 1 aliphatic carbocycles. The van der Waals surface area contributed by atoms with Crippen molar-refractivity contribution in [3.63, 3.8) is 0 Å². The van der Waals surface area contributed by atoms with Gasteiger partial charge in [0.1, 0.15) is 17.1 Å². The average Bonchev–Trinajstić information content (AvgIpc) is 3.23. The number of nitrogens with zero attached hydrogens (tertiary/aromatic N) is 1. The Kier molecular flexibility index (Phi) is 3.54. The van der Waals surface area contributed by atoms with Crippen LogP contribution in [0.15, 0.2) is 28.8 Å². The Morgan fingerprint density at radius 2 is 2.14 bits per heavy atom. The van der Waals surface area contributed by atoms with Crippen LogP contribution in [0.2, 0.25) is 0 Å². The molecule has 1 saturated carbocycles. The maximum atomic E-state index is 12.1. The van der Waals surface area contributed by atoms with Crippen LogP contribution < -0.4 is 10.1 Å². The van der Waals surface area contributed by atoms with Crippen molar-refractivity contribution in [1.82, 2.24) is 5.16 Å². The van der Waals surface area contributed by atoms with Gasteiger partial charge in [-0.15, -0.1) is 0 Å². The summed E-state index contributed by atoms with van der Waals surface area (Å²) in [6.07, 6.45) is 2.12. The van der Waals surface area contributed by atoms with Gasteiger partial charge in [-0.2, -0.15) is 0 Å². The second-order valence-corrected chi connectivity index (χ2v) is 5.06. The first-order chi connectivity index (χ1) is 10.6. The molecule has 0 bridgehead atoms. The molecule has 0 saturated heterocycles. The van der Waals surface area contributed by atoms with Crippen molar-refractivity contribution in [3.8, 4) is 5.75 Å². The van der Waals surface area contributed by atoms with Gasteiger partial charge < -0.3 is 19.7 Å². The Morgan fingerprint density at radius 1 is 1.36 bits per heavy atom. The minimum atomic E-state index is -1.10. The van der Waals surface area contributed by atoms with Gasteiger partial charge in [-0.3, -0.25) is 4.79 Å². The quantitative estimate of drug-likeness (QED) is 0.880. The van der Waals surface area contributed by atoms with Crippen LogP contribution >= 0.6 is 0 Å². The fraction of sp³-hybridized carbons (Fsp3) is 0.267. The van der Waals surface area contributed by atoms with Gasteiger partial charge in [0.2, 0.25) is 0 Å². The van der Waals surface area contributed by atoms with Gasteiger partial charge >= 0.3 is 5.97 Å². The van der Waals surface area contributed by atoms with Crippen molar-refractivity contribution in [2.75, 3.05) is 12.4 Å². The molecule has 2 N–H and O–H groups in total. The summed E-state index contributed by atoms with van der Waals surface area (Å²) in [6.45, 7) is 0. The van der Waals surface area contributed by atoms with Gasteiger partial charge in [0.05, 0.1) is 7.11 Å². The molecule has 0 unspecified atom stereocenters. The van der Waals surface area contributed by atoms with Crippen LogP contribution in [0.4, 0.5) is 5.69 Å². The number of anilines is 1. The number of nitrogens with one attached hydrogen (secondary N) is 1. The number of hydrogen-bond acceptors (Lipinski definition) is 5. The highest BCUT2D eigenvalue weighted by Crippen LogP contribution is 2.40. The van der Waals surface area contributed by atoms with Crippen LogP contribution in [0.1, 0.15) is 45.4 Å². The molecular formula is C15H14N2O5. The summed E-state index contributed by atoms with van der Waals surface area (Å²) in [5.41, 5.74) is 0.643. The van der Waals surface area contributed by atoms with Crippen LogP contribution in [-0.2, 0) is 0 Å². The van der Waals surface area contributed by atoms with Gasteiger partial charge in [-0.25, -0.2) is 4.79 Å². The van der Waals surface area contributed by atoms with E-state index in [0.29, 0.717) is 11.6 Å². The zero-order valence-corrected chi connectivity index (χ0v) is 11.8. The molecule has 1 amide bonds. The molecule has 1 aromatic carbocycles. The third kappa shape index (κ3) is 2.78. The predicted octanol–water partition coefficient (Wildman–Crippen LogP) is 2.51. The molecule has 0 radical (unpaired) electrons. The molecule has 0 aliphatic heterocycles. The van der Waals surface area contributed by atoms with E-state index in [0.717, 1.165) is 18.6 Å². The molecular weight excluding hydrogens is 288 g/mol. The summed E-state index contributed by atoms with van der Waals surface area (Å²) in [5.74, 6) is -0.238. The maximum Gasteiger partial charge on any atom is 0.339 e. The third-order valence-electron chi connectivity index (χ3n) is 3.43. The summed E-state index contributed by atoms with van der Waals surface area (Å²) in [6, 6.07) is 5.94. The van der Waals surface area contributed by atoms with Crippen molar-refractivity contribution in [3.05, 3.63) is 41.3 Å². The summed E-state index contributed by atoms with van der Waals surface area (Å²) in [5, 5.41) is 15.4. The zero-order valence-electron chi connectivity index (χ0n) is 11.8. The van der Waals surface area contributed by atoms with Crippen molar-refractivity contribution >= 4 is 17.6 Å². The summed E-state index contributed by atoms with van der Waals surface area (Å²) >= 11 is 0. The molecule has 1 aliphatic rings. The Labute approximate surface area is 125 Å². The monoisotopic (exact) mass is 302 g/mol. The maximum absolute atomic E-state index is 12.1. The minimum absolute atomic E-state index is 0.0259. The van der Waals surface area contributed by atoms with E-state index in [9.17, 15) is 9.59 Å². The molecule has 2 aromatic rings. The summed E-state index contributed by atoms with van der Waals surface area (Å²) in [7, 11) is 1.37. The van der Waals surface area contributed by atoms with Gasteiger partial charge in [-0.1, -0.05) is 5.16 Å². The highest BCUT2D eigenvalue weighted by molar-refractivity contribution is 6.03. The van der Waals surface area contributed by atoms with Crippen LogP contribution in [0.3, 0.4) is 0 Å². The van der Waals surface area contributed by atoms with Crippen LogP contribution in [0.25, 0.3) is 0 Å². The number of ether oxygens (including phenoxy) is 1. The number of hydrogen-bond donors (Lipinski definition) is 2. The number of rotatable bonds is 5. The largest absolute Gasteiger partial charge is 0.496 e. The van der Waals surface area contributed by atoms with Gasteiger partial charge in [0.25, 0.3) is 5.91 Å². The number of carbonyl (C=O) groups excluding carboxylic acids is 1. The SMILES string of the molecule is COc1cc(NC(=O)c2cc(C3CC3)on2)ccc1C(=O)O. The first kappa shape index (κ1) is 14.1. The lowest BCUT2D eigenvalue weighted by Gasteiger charge is -2.08. The third-order valence-corrected chi connectivity index (χ3v) is 3.43. The van der Waals surface area contributed by atoms with Crippen molar-refractivity contribution in [2.24, 2.45) is 0 Å². The van der Waals surface area contributed by atoms with Gasteiger partial charge in [0, 0.05) is 23.7 Å². The second kappa shape index (κ2) is 5.51. The lowest BCUT2D eigenvalue weighted by molar-refractivity contribution is 0.0693. The van der Waals surface area contributed by atoms with Gasteiger partial charge in [0.15, 0.2) is 5.69 Å². The highest BCUT2D eigenvalue weighted by Gasteiger charge is 2.29. The predicted molar refractivity (Wildman–Crippen MR) is 76.4 cm³/mol. The number of carboxylic acids is 1. The number of methoxy groups -OCH3 is 1. The molecule has 114 valence electrons. The van der Waals surface area contributed by atoms with E-state index in [4.69, 9.17) is 14.4 Å².